The Morgan fingerprint density at radius 2 is 1.86 bits per heavy atom. The summed E-state index contributed by atoms with van der Waals surface area (Å²) in [6.45, 7) is 12.3. The SMILES string of the molecule is CC(C)CC1CCCC(NCCCN2CCC(C)CC2)C1. The Kier molecular flexibility index (Phi) is 7.53. The number of hydrogen-bond donors (Lipinski definition) is 1. The molecule has 124 valence electrons. The summed E-state index contributed by atoms with van der Waals surface area (Å²) in [6.07, 6.45) is 11.3. The van der Waals surface area contributed by atoms with E-state index in [9.17, 15) is 0 Å². The highest BCUT2D eigenvalue weighted by Gasteiger charge is 2.22. The van der Waals surface area contributed by atoms with Gasteiger partial charge in [0.25, 0.3) is 0 Å². The average Bonchev–Trinajstić information content (AvgIpc) is 2.45. The van der Waals surface area contributed by atoms with Gasteiger partial charge in [-0.1, -0.05) is 33.6 Å². The predicted octanol–water partition coefficient (Wildman–Crippen LogP) is 4.30. The highest BCUT2D eigenvalue weighted by molar-refractivity contribution is 4.79. The quantitative estimate of drug-likeness (QED) is 0.704. The van der Waals surface area contributed by atoms with E-state index in [0.717, 1.165) is 23.8 Å². The van der Waals surface area contributed by atoms with Crippen molar-refractivity contribution in [2.75, 3.05) is 26.2 Å². The van der Waals surface area contributed by atoms with Crippen LogP contribution in [0.15, 0.2) is 0 Å². The summed E-state index contributed by atoms with van der Waals surface area (Å²) >= 11 is 0. The standard InChI is InChI=1S/C19H38N2/c1-16(2)14-18-6-4-7-19(15-18)20-10-5-11-21-12-8-17(3)9-13-21/h16-20H,4-15H2,1-3H3. The molecule has 2 atom stereocenters. The highest BCUT2D eigenvalue weighted by atomic mass is 15.1. The Labute approximate surface area is 133 Å². The second kappa shape index (κ2) is 9.15. The van der Waals surface area contributed by atoms with Crippen molar-refractivity contribution in [1.29, 1.82) is 0 Å². The molecular weight excluding hydrogens is 256 g/mol. The third-order valence-corrected chi connectivity index (χ3v) is 5.55. The van der Waals surface area contributed by atoms with Gasteiger partial charge in [0, 0.05) is 6.04 Å². The van der Waals surface area contributed by atoms with Gasteiger partial charge < -0.3 is 10.2 Å². The van der Waals surface area contributed by atoms with Crippen molar-refractivity contribution < 1.29 is 0 Å². The molecule has 2 unspecified atom stereocenters. The van der Waals surface area contributed by atoms with Crippen LogP contribution >= 0.6 is 0 Å². The van der Waals surface area contributed by atoms with Gasteiger partial charge in [0.05, 0.1) is 0 Å². The van der Waals surface area contributed by atoms with Crippen LogP contribution in [0.2, 0.25) is 0 Å². The Balaban J connectivity index is 1.54. The molecule has 0 aromatic carbocycles. The van der Waals surface area contributed by atoms with E-state index < -0.39 is 0 Å². The summed E-state index contributed by atoms with van der Waals surface area (Å²) in [5.74, 6) is 2.81. The van der Waals surface area contributed by atoms with E-state index in [1.807, 2.05) is 0 Å². The van der Waals surface area contributed by atoms with Crippen LogP contribution in [0.4, 0.5) is 0 Å². The Hall–Kier alpha value is -0.0800. The smallest absolute Gasteiger partial charge is 0.00697 e. The maximum atomic E-state index is 3.85. The topological polar surface area (TPSA) is 15.3 Å². The minimum atomic E-state index is 0.809. The maximum Gasteiger partial charge on any atom is 0.00697 e. The summed E-state index contributed by atoms with van der Waals surface area (Å²) < 4.78 is 0. The molecule has 0 bridgehead atoms. The third kappa shape index (κ3) is 6.69. The van der Waals surface area contributed by atoms with Crippen LogP contribution in [0, 0.1) is 17.8 Å². The van der Waals surface area contributed by atoms with Gasteiger partial charge in [-0.05, 0) is 82.5 Å². The molecule has 1 N–H and O–H groups in total. The summed E-state index contributed by atoms with van der Waals surface area (Å²) in [4.78, 5) is 2.67. The van der Waals surface area contributed by atoms with Crippen LogP contribution in [-0.4, -0.2) is 37.1 Å². The van der Waals surface area contributed by atoms with E-state index in [0.29, 0.717) is 0 Å². The molecule has 0 amide bonds. The Bertz CT molecular complexity index is 269. The summed E-state index contributed by atoms with van der Waals surface area (Å²) in [5.41, 5.74) is 0. The zero-order valence-corrected chi connectivity index (χ0v) is 14.7. The van der Waals surface area contributed by atoms with Crippen LogP contribution in [0.5, 0.6) is 0 Å². The van der Waals surface area contributed by atoms with Crippen molar-refractivity contribution in [3.05, 3.63) is 0 Å². The molecule has 2 rings (SSSR count). The minimum absolute atomic E-state index is 0.809. The molecule has 1 saturated heterocycles. The molecule has 21 heavy (non-hydrogen) atoms. The van der Waals surface area contributed by atoms with Crippen LogP contribution in [-0.2, 0) is 0 Å². The summed E-state index contributed by atoms with van der Waals surface area (Å²) in [6, 6.07) is 0.809. The molecule has 1 aliphatic heterocycles. The highest BCUT2D eigenvalue weighted by Crippen LogP contribution is 2.29. The number of nitrogens with zero attached hydrogens (tertiary/aromatic N) is 1. The normalized spacial score (nSPS) is 29.1. The number of piperidine rings is 1. The van der Waals surface area contributed by atoms with E-state index >= 15 is 0 Å². The average molecular weight is 295 g/mol. The van der Waals surface area contributed by atoms with E-state index in [1.54, 1.807) is 0 Å². The molecule has 2 aliphatic rings. The van der Waals surface area contributed by atoms with Crippen molar-refractivity contribution in [2.45, 2.75) is 78.2 Å². The second-order valence-electron chi connectivity index (χ2n) is 8.19. The predicted molar refractivity (Wildman–Crippen MR) is 92.7 cm³/mol. The van der Waals surface area contributed by atoms with E-state index in [4.69, 9.17) is 0 Å². The molecule has 1 heterocycles. The van der Waals surface area contributed by atoms with Crippen LogP contribution in [0.1, 0.15) is 72.1 Å². The second-order valence-corrected chi connectivity index (χ2v) is 8.19. The van der Waals surface area contributed by atoms with Gasteiger partial charge in [-0.15, -0.1) is 0 Å². The lowest BCUT2D eigenvalue weighted by Crippen LogP contribution is -2.38. The maximum absolute atomic E-state index is 3.85. The zero-order valence-electron chi connectivity index (χ0n) is 14.7. The zero-order chi connectivity index (χ0) is 15.1. The van der Waals surface area contributed by atoms with Crippen molar-refractivity contribution in [3.8, 4) is 0 Å². The largest absolute Gasteiger partial charge is 0.314 e. The van der Waals surface area contributed by atoms with Crippen molar-refractivity contribution in [3.63, 3.8) is 0 Å². The first kappa shape index (κ1) is 17.3. The van der Waals surface area contributed by atoms with E-state index in [-0.39, 0.29) is 0 Å². The summed E-state index contributed by atoms with van der Waals surface area (Å²) in [5, 5.41) is 3.85. The molecule has 0 radical (unpaired) electrons. The lowest BCUT2D eigenvalue weighted by molar-refractivity contribution is 0.187. The van der Waals surface area contributed by atoms with Gasteiger partial charge in [-0.25, -0.2) is 0 Å². The van der Waals surface area contributed by atoms with Gasteiger partial charge >= 0.3 is 0 Å². The van der Waals surface area contributed by atoms with Crippen molar-refractivity contribution >= 4 is 0 Å². The minimum Gasteiger partial charge on any atom is -0.314 e. The van der Waals surface area contributed by atoms with Gasteiger partial charge in [-0.2, -0.15) is 0 Å². The number of rotatable bonds is 7. The van der Waals surface area contributed by atoms with Crippen molar-refractivity contribution in [1.82, 2.24) is 10.2 Å². The molecule has 1 saturated carbocycles. The van der Waals surface area contributed by atoms with Gasteiger partial charge in [0.1, 0.15) is 0 Å². The number of likely N-dealkylation sites (tertiary alicyclic amines) is 1. The van der Waals surface area contributed by atoms with Gasteiger partial charge in [0.2, 0.25) is 0 Å². The first-order chi connectivity index (χ1) is 10.1. The number of nitrogens with one attached hydrogen (secondary N) is 1. The van der Waals surface area contributed by atoms with E-state index in [1.165, 1.54) is 77.5 Å². The first-order valence-electron chi connectivity index (χ1n) is 9.59. The van der Waals surface area contributed by atoms with Crippen molar-refractivity contribution in [2.24, 2.45) is 17.8 Å². The fourth-order valence-corrected chi connectivity index (χ4v) is 4.25. The fourth-order valence-electron chi connectivity index (χ4n) is 4.25. The molecule has 2 heteroatoms. The third-order valence-electron chi connectivity index (χ3n) is 5.55. The molecular formula is C19H38N2. The Morgan fingerprint density at radius 1 is 1.10 bits per heavy atom. The fraction of sp³-hybridized carbons (Fsp3) is 1.00. The monoisotopic (exact) mass is 294 g/mol. The van der Waals surface area contributed by atoms with Crippen LogP contribution in [0.3, 0.4) is 0 Å². The molecule has 0 aromatic heterocycles. The van der Waals surface area contributed by atoms with Gasteiger partial charge in [-0.3, -0.25) is 0 Å². The summed E-state index contributed by atoms with van der Waals surface area (Å²) in [7, 11) is 0. The van der Waals surface area contributed by atoms with Crippen LogP contribution in [0.25, 0.3) is 0 Å². The molecule has 1 aliphatic carbocycles. The first-order valence-corrected chi connectivity index (χ1v) is 9.59. The lowest BCUT2D eigenvalue weighted by atomic mass is 9.81. The number of hydrogen-bond acceptors (Lipinski definition) is 2. The molecule has 0 spiro atoms. The molecule has 0 aromatic rings. The molecule has 2 fully saturated rings. The lowest BCUT2D eigenvalue weighted by Gasteiger charge is -2.32. The van der Waals surface area contributed by atoms with Gasteiger partial charge in [0.15, 0.2) is 0 Å². The van der Waals surface area contributed by atoms with E-state index in [2.05, 4.69) is 31.0 Å². The van der Waals surface area contributed by atoms with Crippen LogP contribution < -0.4 is 5.32 Å². The Morgan fingerprint density at radius 3 is 2.57 bits per heavy atom. The molecule has 2 nitrogen and oxygen atoms in total.